The lowest BCUT2D eigenvalue weighted by Gasteiger charge is -2.26. The predicted octanol–water partition coefficient (Wildman–Crippen LogP) is 3.46. The molecule has 0 unspecified atom stereocenters. The van der Waals surface area contributed by atoms with Crippen molar-refractivity contribution in [2.24, 2.45) is 0 Å². The van der Waals surface area contributed by atoms with Crippen LogP contribution in [0.5, 0.6) is 5.75 Å². The molecule has 3 rings (SSSR count). The van der Waals surface area contributed by atoms with Crippen molar-refractivity contribution < 1.29 is 22.7 Å². The van der Waals surface area contributed by atoms with E-state index in [2.05, 4.69) is 5.32 Å². The number of nitrogens with one attached hydrogen (secondary N) is 1. The largest absolute Gasteiger partial charge is 0.489 e. The van der Waals surface area contributed by atoms with Gasteiger partial charge in [-0.2, -0.15) is 4.31 Å². The molecular formula is C23H28N2O5S. The third kappa shape index (κ3) is 5.94. The third-order valence-electron chi connectivity index (χ3n) is 4.78. The number of morpholine rings is 1. The van der Waals surface area contributed by atoms with Gasteiger partial charge in [-0.05, 0) is 56.2 Å². The summed E-state index contributed by atoms with van der Waals surface area (Å²) in [6.07, 6.45) is 3.01. The standard InChI is InChI=1S/C23H28N2O5S/c1-17(2)30-22-10-9-20(31(27,28)25-12-14-29-15-13-25)16-21(22)24-23(26)11-8-19-7-5-4-6-18(19)3/h4-11,16-17H,12-15H2,1-3H3,(H,24,26)/b11-8-. The van der Waals surface area contributed by atoms with Gasteiger partial charge < -0.3 is 14.8 Å². The number of hydrogen-bond acceptors (Lipinski definition) is 5. The van der Waals surface area contributed by atoms with Crippen LogP contribution in [-0.4, -0.2) is 51.0 Å². The second-order valence-corrected chi connectivity index (χ2v) is 9.46. The molecule has 1 heterocycles. The fourth-order valence-electron chi connectivity index (χ4n) is 3.17. The summed E-state index contributed by atoms with van der Waals surface area (Å²) in [5, 5.41) is 2.76. The van der Waals surface area contributed by atoms with Crippen molar-refractivity contribution in [1.29, 1.82) is 0 Å². The molecule has 1 aliphatic heterocycles. The maximum Gasteiger partial charge on any atom is 0.248 e. The Balaban J connectivity index is 1.86. The van der Waals surface area contributed by atoms with E-state index in [1.54, 1.807) is 12.1 Å². The number of sulfonamides is 1. The molecule has 0 spiro atoms. The van der Waals surface area contributed by atoms with Crippen molar-refractivity contribution in [1.82, 2.24) is 4.31 Å². The minimum Gasteiger partial charge on any atom is -0.489 e. The molecule has 0 atom stereocenters. The minimum atomic E-state index is -3.70. The molecule has 7 nitrogen and oxygen atoms in total. The molecule has 31 heavy (non-hydrogen) atoms. The molecule has 0 radical (unpaired) electrons. The third-order valence-corrected chi connectivity index (χ3v) is 6.68. The van der Waals surface area contributed by atoms with Crippen LogP contribution in [0, 0.1) is 6.92 Å². The van der Waals surface area contributed by atoms with Crippen molar-refractivity contribution in [3.63, 3.8) is 0 Å². The SMILES string of the molecule is Cc1ccccc1/C=C\C(=O)Nc1cc(S(=O)(=O)N2CCOCC2)ccc1OC(C)C. The van der Waals surface area contributed by atoms with Crippen LogP contribution in [0.25, 0.3) is 6.08 Å². The van der Waals surface area contributed by atoms with Gasteiger partial charge in [0, 0.05) is 19.2 Å². The number of benzene rings is 2. The zero-order valence-corrected chi connectivity index (χ0v) is 18.8. The van der Waals surface area contributed by atoms with Crippen LogP contribution in [0.2, 0.25) is 0 Å². The van der Waals surface area contributed by atoms with Gasteiger partial charge in [-0.3, -0.25) is 4.79 Å². The Labute approximate surface area is 183 Å². The average Bonchev–Trinajstić information content (AvgIpc) is 2.74. The molecule has 166 valence electrons. The van der Waals surface area contributed by atoms with E-state index in [-0.39, 0.29) is 16.9 Å². The highest BCUT2D eigenvalue weighted by atomic mass is 32.2. The van der Waals surface area contributed by atoms with Gasteiger partial charge in [0.05, 0.1) is 29.9 Å². The molecule has 2 aromatic carbocycles. The number of nitrogens with zero attached hydrogens (tertiary/aromatic N) is 1. The smallest absolute Gasteiger partial charge is 0.248 e. The van der Waals surface area contributed by atoms with Gasteiger partial charge in [-0.1, -0.05) is 24.3 Å². The van der Waals surface area contributed by atoms with Crippen LogP contribution < -0.4 is 10.1 Å². The molecule has 1 N–H and O–H groups in total. The summed E-state index contributed by atoms with van der Waals surface area (Å²) in [5.74, 6) is 0.0337. The van der Waals surface area contributed by atoms with Gasteiger partial charge in [0.15, 0.2) is 0 Å². The van der Waals surface area contributed by atoms with Gasteiger partial charge in [-0.25, -0.2) is 8.42 Å². The summed E-state index contributed by atoms with van der Waals surface area (Å²) >= 11 is 0. The Kier molecular flexibility index (Phi) is 7.48. The number of aryl methyl sites for hydroxylation is 1. The molecule has 1 aliphatic rings. The maximum absolute atomic E-state index is 13.0. The summed E-state index contributed by atoms with van der Waals surface area (Å²) in [7, 11) is -3.70. The summed E-state index contributed by atoms with van der Waals surface area (Å²) in [6.45, 7) is 7.01. The molecule has 8 heteroatoms. The van der Waals surface area contributed by atoms with Crippen molar-refractivity contribution in [3.8, 4) is 5.75 Å². The molecule has 0 aromatic heterocycles. The zero-order valence-electron chi connectivity index (χ0n) is 18.0. The lowest BCUT2D eigenvalue weighted by atomic mass is 10.1. The Morgan fingerprint density at radius 3 is 2.55 bits per heavy atom. The van der Waals surface area contributed by atoms with E-state index in [1.807, 2.05) is 45.0 Å². The molecule has 2 aromatic rings. The Bertz CT molecular complexity index is 1060. The lowest BCUT2D eigenvalue weighted by Crippen LogP contribution is -2.40. The molecule has 1 amide bonds. The molecule has 1 fully saturated rings. The van der Waals surface area contributed by atoms with Crippen LogP contribution in [0.15, 0.2) is 53.4 Å². The predicted molar refractivity (Wildman–Crippen MR) is 121 cm³/mol. The quantitative estimate of drug-likeness (QED) is 0.661. The van der Waals surface area contributed by atoms with Gasteiger partial charge in [0.1, 0.15) is 5.75 Å². The summed E-state index contributed by atoms with van der Waals surface area (Å²) in [5.41, 5.74) is 2.29. The van der Waals surface area contributed by atoms with Crippen LogP contribution >= 0.6 is 0 Å². The van der Waals surface area contributed by atoms with Crippen molar-refractivity contribution in [2.75, 3.05) is 31.6 Å². The number of amides is 1. The van der Waals surface area contributed by atoms with E-state index < -0.39 is 10.0 Å². The normalized spacial score (nSPS) is 15.4. The number of carbonyl (C=O) groups is 1. The number of ether oxygens (including phenoxy) is 2. The maximum atomic E-state index is 13.0. The first-order valence-electron chi connectivity index (χ1n) is 10.2. The van der Waals surface area contributed by atoms with E-state index in [4.69, 9.17) is 9.47 Å². The first-order chi connectivity index (χ1) is 14.8. The van der Waals surface area contributed by atoms with E-state index >= 15 is 0 Å². The average molecular weight is 445 g/mol. The van der Waals surface area contributed by atoms with Crippen molar-refractivity contribution >= 4 is 27.7 Å². The minimum absolute atomic E-state index is 0.101. The Hall–Kier alpha value is -2.68. The van der Waals surface area contributed by atoms with Crippen molar-refractivity contribution in [3.05, 3.63) is 59.7 Å². The second-order valence-electron chi connectivity index (χ2n) is 7.52. The molecule has 0 bridgehead atoms. The number of carbonyl (C=O) groups excluding carboxylic acids is 1. The highest BCUT2D eigenvalue weighted by molar-refractivity contribution is 7.89. The van der Waals surface area contributed by atoms with Gasteiger partial charge >= 0.3 is 0 Å². The zero-order chi connectivity index (χ0) is 22.4. The first kappa shape index (κ1) is 23.0. The second kappa shape index (κ2) is 10.1. The molecule has 1 saturated heterocycles. The van der Waals surface area contributed by atoms with Gasteiger partial charge in [-0.15, -0.1) is 0 Å². The van der Waals surface area contributed by atoms with Crippen LogP contribution in [0.4, 0.5) is 5.69 Å². The molecule has 0 aliphatic carbocycles. The van der Waals surface area contributed by atoms with E-state index in [9.17, 15) is 13.2 Å². The first-order valence-corrected chi connectivity index (χ1v) is 11.6. The lowest BCUT2D eigenvalue weighted by molar-refractivity contribution is -0.111. The fraction of sp³-hybridized carbons (Fsp3) is 0.348. The van der Waals surface area contributed by atoms with Gasteiger partial charge in [0.25, 0.3) is 0 Å². The Morgan fingerprint density at radius 1 is 1.16 bits per heavy atom. The number of anilines is 1. The van der Waals surface area contributed by atoms with Crippen molar-refractivity contribution in [2.45, 2.75) is 31.8 Å². The monoisotopic (exact) mass is 444 g/mol. The number of hydrogen-bond donors (Lipinski definition) is 1. The van der Waals surface area contributed by atoms with E-state index in [0.29, 0.717) is 37.7 Å². The van der Waals surface area contributed by atoms with Crippen LogP contribution in [-0.2, 0) is 19.6 Å². The summed E-state index contributed by atoms with van der Waals surface area (Å²) in [6, 6.07) is 12.2. The van der Waals surface area contributed by atoms with Crippen LogP contribution in [0.3, 0.4) is 0 Å². The molecular weight excluding hydrogens is 416 g/mol. The van der Waals surface area contributed by atoms with Gasteiger partial charge in [0.2, 0.25) is 15.9 Å². The highest BCUT2D eigenvalue weighted by Crippen LogP contribution is 2.30. The fourth-order valence-corrected chi connectivity index (χ4v) is 4.61. The van der Waals surface area contributed by atoms with E-state index in [0.717, 1.165) is 11.1 Å². The topological polar surface area (TPSA) is 84.9 Å². The summed E-state index contributed by atoms with van der Waals surface area (Å²) in [4.78, 5) is 12.7. The van der Waals surface area contributed by atoms with Crippen LogP contribution in [0.1, 0.15) is 25.0 Å². The Morgan fingerprint density at radius 2 is 1.87 bits per heavy atom. The van der Waals surface area contributed by atoms with E-state index in [1.165, 1.54) is 22.5 Å². The highest BCUT2D eigenvalue weighted by Gasteiger charge is 2.27. The number of rotatable bonds is 7. The summed E-state index contributed by atoms with van der Waals surface area (Å²) < 4.78 is 38.4. The molecule has 0 saturated carbocycles.